The Morgan fingerprint density at radius 3 is 2.19 bits per heavy atom. The summed E-state index contributed by atoms with van der Waals surface area (Å²) in [6.45, 7) is 3.60. The lowest BCUT2D eigenvalue weighted by molar-refractivity contribution is -0.0206. The molecule has 3 nitrogen and oxygen atoms in total. The summed E-state index contributed by atoms with van der Waals surface area (Å²) in [5.41, 5.74) is 2.24. The van der Waals surface area contributed by atoms with E-state index in [1.807, 2.05) is 19.1 Å². The summed E-state index contributed by atoms with van der Waals surface area (Å²) in [5.74, 6) is 3.81. The van der Waals surface area contributed by atoms with Crippen LogP contribution in [-0.4, -0.2) is 12.1 Å². The molecule has 0 unspecified atom stereocenters. The van der Waals surface area contributed by atoms with Crippen molar-refractivity contribution in [2.24, 2.45) is 17.8 Å². The third-order valence-corrected chi connectivity index (χ3v) is 7.76. The van der Waals surface area contributed by atoms with Crippen molar-refractivity contribution < 1.29 is 13.9 Å². The van der Waals surface area contributed by atoms with Crippen molar-refractivity contribution in [3.05, 3.63) is 58.4 Å². The molecule has 4 fully saturated rings. The average molecular weight is 444 g/mol. The van der Waals surface area contributed by atoms with Crippen molar-refractivity contribution in [2.45, 2.75) is 64.1 Å². The second-order valence-electron chi connectivity index (χ2n) is 9.79. The maximum absolute atomic E-state index is 13.1. The number of benzene rings is 2. The van der Waals surface area contributed by atoms with Crippen LogP contribution in [0.25, 0.3) is 0 Å². The molecule has 4 bridgehead atoms. The second kappa shape index (κ2) is 8.63. The van der Waals surface area contributed by atoms with E-state index in [1.54, 1.807) is 12.1 Å². The predicted molar refractivity (Wildman–Crippen MR) is 121 cm³/mol. The SMILES string of the molecule is CCOc1cc(CNC23CC4CC(CC(C4)C2)C3)c(Cl)cc1OCc1ccc(F)cc1. The van der Waals surface area contributed by atoms with Crippen LogP contribution in [0.3, 0.4) is 0 Å². The van der Waals surface area contributed by atoms with Crippen LogP contribution in [0.2, 0.25) is 5.02 Å². The molecule has 4 saturated carbocycles. The van der Waals surface area contributed by atoms with Gasteiger partial charge in [-0.25, -0.2) is 4.39 Å². The Kier molecular flexibility index (Phi) is 5.87. The third kappa shape index (κ3) is 4.56. The minimum atomic E-state index is -0.252. The van der Waals surface area contributed by atoms with Crippen LogP contribution in [0.4, 0.5) is 4.39 Å². The fraction of sp³-hybridized carbons (Fsp3) is 0.538. The van der Waals surface area contributed by atoms with Crippen LogP contribution in [0, 0.1) is 23.6 Å². The van der Waals surface area contributed by atoms with Gasteiger partial charge in [0.25, 0.3) is 0 Å². The van der Waals surface area contributed by atoms with E-state index in [1.165, 1.54) is 50.7 Å². The van der Waals surface area contributed by atoms with Gasteiger partial charge in [-0.15, -0.1) is 0 Å². The average Bonchev–Trinajstić information content (AvgIpc) is 2.73. The number of hydrogen-bond donors (Lipinski definition) is 1. The van der Waals surface area contributed by atoms with Gasteiger partial charge >= 0.3 is 0 Å². The van der Waals surface area contributed by atoms with Gasteiger partial charge in [0.15, 0.2) is 11.5 Å². The van der Waals surface area contributed by atoms with Crippen molar-refractivity contribution in [2.75, 3.05) is 6.61 Å². The van der Waals surface area contributed by atoms with Gasteiger partial charge < -0.3 is 14.8 Å². The minimum Gasteiger partial charge on any atom is -0.490 e. The van der Waals surface area contributed by atoms with Gasteiger partial charge in [-0.1, -0.05) is 23.7 Å². The lowest BCUT2D eigenvalue weighted by Crippen LogP contribution is -2.58. The highest BCUT2D eigenvalue weighted by Gasteiger charge is 2.50. The quantitative estimate of drug-likeness (QED) is 0.504. The molecule has 166 valence electrons. The van der Waals surface area contributed by atoms with Crippen molar-refractivity contribution in [3.63, 3.8) is 0 Å². The molecule has 4 aliphatic carbocycles. The van der Waals surface area contributed by atoms with E-state index in [0.717, 1.165) is 35.4 Å². The zero-order valence-electron chi connectivity index (χ0n) is 18.1. The van der Waals surface area contributed by atoms with Crippen molar-refractivity contribution in [3.8, 4) is 11.5 Å². The molecule has 0 atom stereocenters. The van der Waals surface area contributed by atoms with Crippen molar-refractivity contribution >= 4 is 11.6 Å². The molecular formula is C26H31ClFNO2. The predicted octanol–water partition coefficient (Wildman–Crippen LogP) is 6.52. The topological polar surface area (TPSA) is 30.5 Å². The molecule has 1 N–H and O–H groups in total. The van der Waals surface area contributed by atoms with Crippen LogP contribution in [-0.2, 0) is 13.2 Å². The minimum absolute atomic E-state index is 0.252. The first kappa shape index (κ1) is 21.1. The summed E-state index contributed by atoms with van der Waals surface area (Å²) in [5, 5.41) is 4.61. The zero-order valence-corrected chi connectivity index (χ0v) is 18.9. The number of ether oxygens (including phenoxy) is 2. The highest BCUT2D eigenvalue weighted by Crippen LogP contribution is 2.55. The molecule has 0 amide bonds. The van der Waals surface area contributed by atoms with Gasteiger partial charge in [0.2, 0.25) is 0 Å². The van der Waals surface area contributed by atoms with E-state index in [9.17, 15) is 4.39 Å². The highest BCUT2D eigenvalue weighted by atomic mass is 35.5. The molecule has 2 aromatic rings. The standard InChI is InChI=1S/C26H31ClFNO2/c1-2-30-24-10-21(15-29-26-12-18-7-19(13-26)9-20(8-18)14-26)23(27)11-25(24)31-16-17-3-5-22(28)6-4-17/h3-6,10-11,18-20,29H,2,7-9,12-16H2,1H3. The second-order valence-corrected chi connectivity index (χ2v) is 10.2. The van der Waals surface area contributed by atoms with E-state index >= 15 is 0 Å². The Labute approximate surface area is 189 Å². The Hall–Kier alpha value is -1.78. The van der Waals surface area contributed by atoms with Crippen molar-refractivity contribution in [1.29, 1.82) is 0 Å². The van der Waals surface area contributed by atoms with E-state index in [2.05, 4.69) is 5.32 Å². The lowest BCUT2D eigenvalue weighted by atomic mass is 9.53. The van der Waals surface area contributed by atoms with Crippen LogP contribution < -0.4 is 14.8 Å². The maximum Gasteiger partial charge on any atom is 0.163 e. The molecular weight excluding hydrogens is 413 g/mol. The van der Waals surface area contributed by atoms with Crippen LogP contribution >= 0.6 is 11.6 Å². The van der Waals surface area contributed by atoms with E-state index in [0.29, 0.717) is 35.3 Å². The zero-order chi connectivity index (χ0) is 21.4. The maximum atomic E-state index is 13.1. The number of halogens is 2. The first-order chi connectivity index (χ1) is 15.0. The first-order valence-electron chi connectivity index (χ1n) is 11.6. The van der Waals surface area contributed by atoms with Crippen LogP contribution in [0.15, 0.2) is 36.4 Å². The molecule has 0 spiro atoms. The first-order valence-corrected chi connectivity index (χ1v) is 12.0. The molecule has 0 radical (unpaired) electrons. The fourth-order valence-corrected chi connectivity index (χ4v) is 6.67. The molecule has 6 rings (SSSR count). The summed E-state index contributed by atoms with van der Waals surface area (Å²) in [4.78, 5) is 0. The van der Waals surface area contributed by atoms with Gasteiger partial charge in [0, 0.05) is 23.2 Å². The molecule has 0 heterocycles. The smallest absolute Gasteiger partial charge is 0.163 e. The summed E-state index contributed by atoms with van der Waals surface area (Å²) < 4.78 is 25.0. The molecule has 2 aromatic carbocycles. The number of rotatable bonds is 8. The summed E-state index contributed by atoms with van der Waals surface area (Å²) >= 11 is 6.67. The molecule has 0 saturated heterocycles. The summed E-state index contributed by atoms with van der Waals surface area (Å²) in [6, 6.07) is 10.2. The highest BCUT2D eigenvalue weighted by molar-refractivity contribution is 6.31. The van der Waals surface area contributed by atoms with E-state index in [4.69, 9.17) is 21.1 Å². The normalized spacial score (nSPS) is 28.7. The third-order valence-electron chi connectivity index (χ3n) is 7.41. The van der Waals surface area contributed by atoms with E-state index < -0.39 is 0 Å². The summed E-state index contributed by atoms with van der Waals surface area (Å²) in [7, 11) is 0. The van der Waals surface area contributed by atoms with Gasteiger partial charge in [-0.2, -0.15) is 0 Å². The lowest BCUT2D eigenvalue weighted by Gasteiger charge is -2.57. The van der Waals surface area contributed by atoms with Gasteiger partial charge in [-0.05, 0) is 92.5 Å². The van der Waals surface area contributed by atoms with Gasteiger partial charge in [-0.3, -0.25) is 0 Å². The van der Waals surface area contributed by atoms with Crippen LogP contribution in [0.1, 0.15) is 56.6 Å². The molecule has 5 heteroatoms. The molecule has 31 heavy (non-hydrogen) atoms. The Morgan fingerprint density at radius 2 is 1.58 bits per heavy atom. The number of nitrogens with one attached hydrogen (secondary N) is 1. The number of hydrogen-bond acceptors (Lipinski definition) is 3. The van der Waals surface area contributed by atoms with Crippen LogP contribution in [0.5, 0.6) is 11.5 Å². The van der Waals surface area contributed by atoms with Crippen molar-refractivity contribution in [1.82, 2.24) is 5.32 Å². The molecule has 0 aliphatic heterocycles. The van der Waals surface area contributed by atoms with Gasteiger partial charge in [0.05, 0.1) is 6.61 Å². The monoisotopic (exact) mass is 443 g/mol. The Balaban J connectivity index is 1.29. The Bertz CT molecular complexity index is 894. The molecule has 4 aliphatic rings. The fourth-order valence-electron chi connectivity index (χ4n) is 6.45. The van der Waals surface area contributed by atoms with Gasteiger partial charge in [0.1, 0.15) is 12.4 Å². The van der Waals surface area contributed by atoms with E-state index in [-0.39, 0.29) is 5.82 Å². The molecule has 0 aromatic heterocycles. The largest absolute Gasteiger partial charge is 0.490 e. The summed E-state index contributed by atoms with van der Waals surface area (Å²) in [6.07, 6.45) is 8.26. The Morgan fingerprint density at radius 1 is 0.968 bits per heavy atom.